The second kappa shape index (κ2) is 7.55. The zero-order valence-corrected chi connectivity index (χ0v) is 16.3. The number of thioether (sulfide) groups is 1. The molecule has 1 amide bonds. The lowest BCUT2D eigenvalue weighted by molar-refractivity contribution is -0.118. The summed E-state index contributed by atoms with van der Waals surface area (Å²) in [6.45, 7) is 3.88. The zero-order valence-electron chi connectivity index (χ0n) is 15.4. The number of carbonyl (C=O) groups excluding carboxylic acids is 1. The molecule has 0 spiro atoms. The number of hydrogen-bond acceptors (Lipinski definition) is 5. The zero-order chi connectivity index (χ0) is 19.7. The van der Waals surface area contributed by atoms with E-state index in [1.165, 1.54) is 17.8 Å². The molecule has 0 saturated carbocycles. The topological polar surface area (TPSA) is 72.2 Å². The van der Waals surface area contributed by atoms with E-state index in [0.29, 0.717) is 23.1 Å². The van der Waals surface area contributed by atoms with Crippen molar-refractivity contribution < 1.29 is 9.18 Å². The first kappa shape index (κ1) is 18.4. The minimum Gasteiger partial charge on any atom is -0.351 e. The summed E-state index contributed by atoms with van der Waals surface area (Å²) in [7, 11) is 0. The maximum atomic E-state index is 13.3. The molecule has 0 unspecified atom stereocenters. The van der Waals surface area contributed by atoms with Gasteiger partial charge in [-0.15, -0.1) is 5.10 Å². The van der Waals surface area contributed by atoms with E-state index in [4.69, 9.17) is 0 Å². The molecule has 2 aromatic carbocycles. The van der Waals surface area contributed by atoms with Gasteiger partial charge < -0.3 is 5.32 Å². The van der Waals surface area contributed by atoms with Gasteiger partial charge in [-0.1, -0.05) is 36.0 Å². The lowest BCUT2D eigenvalue weighted by Crippen LogP contribution is -2.24. The summed E-state index contributed by atoms with van der Waals surface area (Å²) in [5.41, 5.74) is 2.96. The molecular formula is C20H18FN5OS. The summed E-state index contributed by atoms with van der Waals surface area (Å²) in [6.07, 6.45) is 0. The molecule has 142 valence electrons. The van der Waals surface area contributed by atoms with Gasteiger partial charge in [0.15, 0.2) is 10.8 Å². The van der Waals surface area contributed by atoms with Gasteiger partial charge in [-0.25, -0.2) is 14.4 Å². The molecule has 0 aliphatic rings. The van der Waals surface area contributed by atoms with Crippen molar-refractivity contribution in [2.24, 2.45) is 0 Å². The molecule has 6 nitrogen and oxygen atoms in total. The number of carbonyl (C=O) groups is 1. The van der Waals surface area contributed by atoms with Crippen LogP contribution in [0.2, 0.25) is 0 Å². The van der Waals surface area contributed by atoms with Gasteiger partial charge in [0.05, 0.1) is 11.3 Å². The second-order valence-electron chi connectivity index (χ2n) is 6.45. The summed E-state index contributed by atoms with van der Waals surface area (Å²) >= 11 is 1.30. The fraction of sp³-hybridized carbons (Fsp3) is 0.200. The van der Waals surface area contributed by atoms with Crippen LogP contribution in [0.5, 0.6) is 0 Å². The first-order chi connectivity index (χ1) is 13.5. The number of halogens is 1. The van der Waals surface area contributed by atoms with Gasteiger partial charge in [0.1, 0.15) is 11.6 Å². The van der Waals surface area contributed by atoms with Crippen molar-refractivity contribution in [3.8, 4) is 0 Å². The number of benzene rings is 2. The molecule has 4 aromatic rings. The lowest BCUT2D eigenvalue weighted by Gasteiger charge is -2.08. The fourth-order valence-corrected chi connectivity index (χ4v) is 3.70. The minimum absolute atomic E-state index is 0.132. The van der Waals surface area contributed by atoms with Crippen LogP contribution in [0.3, 0.4) is 0 Å². The lowest BCUT2D eigenvalue weighted by atomic mass is 10.1. The Morgan fingerprint density at radius 3 is 2.82 bits per heavy atom. The number of fused-ring (bicyclic) bond motifs is 3. The molecule has 8 heteroatoms. The molecular weight excluding hydrogens is 377 g/mol. The summed E-state index contributed by atoms with van der Waals surface area (Å²) in [4.78, 5) is 21.4. The van der Waals surface area contributed by atoms with Crippen molar-refractivity contribution in [3.05, 3.63) is 65.2 Å². The van der Waals surface area contributed by atoms with Crippen molar-refractivity contribution in [1.29, 1.82) is 0 Å². The average Bonchev–Trinajstić information content (AvgIpc) is 3.09. The quantitative estimate of drug-likeness (QED) is 0.414. The first-order valence-electron chi connectivity index (χ1n) is 8.78. The molecule has 2 aromatic heterocycles. The monoisotopic (exact) mass is 395 g/mol. The van der Waals surface area contributed by atoms with E-state index >= 15 is 0 Å². The van der Waals surface area contributed by atoms with Crippen LogP contribution in [0, 0.1) is 19.7 Å². The molecule has 0 atom stereocenters. The highest BCUT2D eigenvalue weighted by molar-refractivity contribution is 7.99. The number of aromatic nitrogens is 4. The Hall–Kier alpha value is -3.00. The molecule has 1 N–H and O–H groups in total. The van der Waals surface area contributed by atoms with Crippen molar-refractivity contribution >= 4 is 34.2 Å². The molecule has 0 fully saturated rings. The largest absolute Gasteiger partial charge is 0.351 e. The van der Waals surface area contributed by atoms with E-state index in [1.807, 2.05) is 31.2 Å². The van der Waals surface area contributed by atoms with Gasteiger partial charge in [-0.2, -0.15) is 4.52 Å². The molecule has 0 aliphatic heterocycles. The molecule has 0 radical (unpaired) electrons. The molecule has 0 bridgehead atoms. The number of nitrogens with zero attached hydrogens (tertiary/aromatic N) is 4. The van der Waals surface area contributed by atoms with Crippen LogP contribution in [0.4, 0.5) is 4.39 Å². The van der Waals surface area contributed by atoms with Crippen LogP contribution in [-0.4, -0.2) is 31.2 Å². The van der Waals surface area contributed by atoms with Gasteiger partial charge in [0, 0.05) is 11.9 Å². The van der Waals surface area contributed by atoms with Gasteiger partial charge in [0.2, 0.25) is 5.91 Å². The van der Waals surface area contributed by atoms with Crippen LogP contribution in [-0.2, 0) is 11.3 Å². The Morgan fingerprint density at radius 2 is 2.00 bits per heavy atom. The van der Waals surface area contributed by atoms with E-state index < -0.39 is 0 Å². The van der Waals surface area contributed by atoms with E-state index in [1.54, 1.807) is 23.6 Å². The Bertz CT molecular complexity index is 1190. The second-order valence-corrected chi connectivity index (χ2v) is 7.40. The Balaban J connectivity index is 1.48. The Morgan fingerprint density at radius 1 is 1.18 bits per heavy atom. The van der Waals surface area contributed by atoms with Crippen LogP contribution in [0.1, 0.15) is 17.0 Å². The van der Waals surface area contributed by atoms with Gasteiger partial charge in [-0.3, -0.25) is 4.79 Å². The van der Waals surface area contributed by atoms with Gasteiger partial charge in [-0.05, 0) is 43.2 Å². The van der Waals surface area contributed by atoms with E-state index in [9.17, 15) is 9.18 Å². The molecule has 2 heterocycles. The highest BCUT2D eigenvalue weighted by atomic mass is 32.2. The standard InChI is InChI=1S/C20H18FN5OS/c1-12-9-14(7-8-16(12)21)10-22-18(27)11-28-20-24-17-6-4-3-5-15(17)19-23-13(2)25-26(19)20/h3-9H,10-11H2,1-2H3,(H,22,27). The highest BCUT2D eigenvalue weighted by Crippen LogP contribution is 2.23. The summed E-state index contributed by atoms with van der Waals surface area (Å²) in [5.74, 6) is 0.461. The number of nitrogens with one attached hydrogen (secondary N) is 1. The van der Waals surface area contributed by atoms with Gasteiger partial charge in [0.25, 0.3) is 0 Å². The average molecular weight is 395 g/mol. The van der Waals surface area contributed by atoms with Crippen LogP contribution in [0.25, 0.3) is 16.6 Å². The van der Waals surface area contributed by atoms with Crippen molar-refractivity contribution in [1.82, 2.24) is 24.9 Å². The number of aryl methyl sites for hydroxylation is 2. The Kier molecular flexibility index (Phi) is 4.95. The normalized spacial score (nSPS) is 11.2. The van der Waals surface area contributed by atoms with E-state index in [-0.39, 0.29) is 17.5 Å². The van der Waals surface area contributed by atoms with Gasteiger partial charge >= 0.3 is 0 Å². The fourth-order valence-electron chi connectivity index (χ4n) is 2.93. The summed E-state index contributed by atoms with van der Waals surface area (Å²) in [5, 5.41) is 8.79. The molecule has 0 saturated heterocycles. The third-order valence-corrected chi connectivity index (χ3v) is 5.23. The van der Waals surface area contributed by atoms with Crippen molar-refractivity contribution in [2.45, 2.75) is 25.5 Å². The van der Waals surface area contributed by atoms with Crippen LogP contribution < -0.4 is 5.32 Å². The predicted octanol–water partition coefficient (Wildman–Crippen LogP) is 3.44. The molecule has 4 rings (SSSR count). The highest BCUT2D eigenvalue weighted by Gasteiger charge is 2.13. The van der Waals surface area contributed by atoms with E-state index in [2.05, 4.69) is 20.4 Å². The van der Waals surface area contributed by atoms with E-state index in [0.717, 1.165) is 22.1 Å². The minimum atomic E-state index is -0.250. The summed E-state index contributed by atoms with van der Waals surface area (Å²) in [6, 6.07) is 12.5. The third-order valence-electron chi connectivity index (χ3n) is 4.30. The van der Waals surface area contributed by atoms with Crippen molar-refractivity contribution in [3.63, 3.8) is 0 Å². The third kappa shape index (κ3) is 3.68. The smallest absolute Gasteiger partial charge is 0.230 e. The predicted molar refractivity (Wildman–Crippen MR) is 107 cm³/mol. The Labute approximate surface area is 165 Å². The SMILES string of the molecule is Cc1nc2c3ccccc3nc(SCC(=O)NCc3ccc(F)c(C)c3)n2n1. The maximum Gasteiger partial charge on any atom is 0.230 e. The molecule has 0 aliphatic carbocycles. The number of rotatable bonds is 5. The first-order valence-corrected chi connectivity index (χ1v) is 9.76. The van der Waals surface area contributed by atoms with Crippen LogP contribution >= 0.6 is 11.8 Å². The number of hydrogen-bond donors (Lipinski definition) is 1. The summed E-state index contributed by atoms with van der Waals surface area (Å²) < 4.78 is 15.0. The number of para-hydroxylation sites is 1. The maximum absolute atomic E-state index is 13.3. The molecule has 28 heavy (non-hydrogen) atoms. The van der Waals surface area contributed by atoms with Crippen LogP contribution in [0.15, 0.2) is 47.6 Å². The number of amides is 1. The van der Waals surface area contributed by atoms with Crippen molar-refractivity contribution in [2.75, 3.05) is 5.75 Å².